The highest BCUT2D eigenvalue weighted by molar-refractivity contribution is 5.94. The fourth-order valence-corrected chi connectivity index (χ4v) is 3.46. The van der Waals surface area contributed by atoms with Crippen LogP contribution in [0.4, 0.5) is 5.69 Å². The number of aryl methyl sites for hydroxylation is 1. The molecule has 1 aliphatic heterocycles. The molecular formula is C22H23N3O6. The summed E-state index contributed by atoms with van der Waals surface area (Å²) in [4.78, 5) is 38.6. The van der Waals surface area contributed by atoms with E-state index in [1.54, 1.807) is 49.4 Å². The third-order valence-corrected chi connectivity index (χ3v) is 5.02. The maximum atomic E-state index is 12.7. The van der Waals surface area contributed by atoms with Crippen LogP contribution in [0.15, 0.2) is 51.7 Å². The van der Waals surface area contributed by atoms with Crippen molar-refractivity contribution >= 4 is 28.6 Å². The molecule has 9 nitrogen and oxygen atoms in total. The van der Waals surface area contributed by atoms with Gasteiger partial charge in [0.2, 0.25) is 11.8 Å². The molecule has 0 radical (unpaired) electrons. The predicted molar refractivity (Wildman–Crippen MR) is 113 cm³/mol. The fourth-order valence-electron chi connectivity index (χ4n) is 3.46. The number of hydrogen-bond acceptors (Lipinski definition) is 6. The number of carbonyl (C=O) groups excluding carboxylic acids is 2. The molecule has 2 heterocycles. The van der Waals surface area contributed by atoms with Crippen LogP contribution in [-0.2, 0) is 16.1 Å². The number of carbonyl (C=O) groups is 2. The van der Waals surface area contributed by atoms with Gasteiger partial charge in [-0.3, -0.25) is 14.2 Å². The van der Waals surface area contributed by atoms with Crippen molar-refractivity contribution in [3.05, 3.63) is 53.0 Å². The van der Waals surface area contributed by atoms with Crippen LogP contribution in [0, 0.1) is 0 Å². The highest BCUT2D eigenvalue weighted by Gasteiger charge is 2.18. The van der Waals surface area contributed by atoms with Crippen molar-refractivity contribution in [3.8, 4) is 11.5 Å². The molecule has 0 atom stereocenters. The third-order valence-electron chi connectivity index (χ3n) is 5.02. The molecular weight excluding hydrogens is 402 g/mol. The Labute approximate surface area is 178 Å². The number of hydrogen-bond donors (Lipinski definition) is 1. The van der Waals surface area contributed by atoms with Crippen molar-refractivity contribution in [1.82, 2.24) is 9.47 Å². The summed E-state index contributed by atoms with van der Waals surface area (Å²) < 4.78 is 17.6. The smallest absolute Gasteiger partial charge is 0.419 e. The van der Waals surface area contributed by atoms with Crippen molar-refractivity contribution in [2.75, 3.05) is 31.6 Å². The normalized spacial score (nSPS) is 12.5. The average Bonchev–Trinajstić information content (AvgIpc) is 3.10. The molecule has 31 heavy (non-hydrogen) atoms. The van der Waals surface area contributed by atoms with Crippen LogP contribution in [0.1, 0.15) is 13.3 Å². The lowest BCUT2D eigenvalue weighted by Crippen LogP contribution is -2.38. The first-order valence-corrected chi connectivity index (χ1v) is 10.1. The Kier molecular flexibility index (Phi) is 5.92. The van der Waals surface area contributed by atoms with E-state index in [0.29, 0.717) is 48.0 Å². The lowest BCUT2D eigenvalue weighted by Gasteiger charge is -2.21. The molecule has 4 rings (SSSR count). The number of oxazole rings is 1. The van der Waals surface area contributed by atoms with Crippen LogP contribution >= 0.6 is 0 Å². The van der Waals surface area contributed by atoms with E-state index < -0.39 is 5.76 Å². The molecule has 1 aliphatic rings. The molecule has 0 aliphatic carbocycles. The van der Waals surface area contributed by atoms with Gasteiger partial charge in [0, 0.05) is 31.3 Å². The second kappa shape index (κ2) is 8.95. The molecule has 0 saturated carbocycles. The molecule has 2 aromatic carbocycles. The Morgan fingerprint density at radius 3 is 2.68 bits per heavy atom. The van der Waals surface area contributed by atoms with Gasteiger partial charge < -0.3 is 24.1 Å². The maximum absolute atomic E-state index is 12.7. The highest BCUT2D eigenvalue weighted by Crippen LogP contribution is 2.32. The van der Waals surface area contributed by atoms with E-state index in [4.69, 9.17) is 13.9 Å². The molecule has 9 heteroatoms. The van der Waals surface area contributed by atoms with Crippen LogP contribution < -0.4 is 20.5 Å². The number of likely N-dealkylation sites (N-methyl/N-ethyl adjacent to an activating group) is 1. The van der Waals surface area contributed by atoms with Crippen molar-refractivity contribution in [2.24, 2.45) is 0 Å². The highest BCUT2D eigenvalue weighted by atomic mass is 16.6. The Hall–Kier alpha value is -3.75. The number of aromatic nitrogens is 1. The standard InChI is InChI=1S/C22H23N3O6/c1-2-24(14-20(26)23-15-7-8-18-19(13-15)30-12-11-29-18)21(27)9-10-25-16-5-3-4-6-17(16)31-22(25)28/h3-8,13H,2,9-12,14H2,1H3,(H,23,26). The summed E-state index contributed by atoms with van der Waals surface area (Å²) in [6.07, 6.45) is 0.0780. The number of fused-ring (bicyclic) bond motifs is 2. The summed E-state index contributed by atoms with van der Waals surface area (Å²) in [5.41, 5.74) is 1.68. The van der Waals surface area contributed by atoms with Gasteiger partial charge >= 0.3 is 5.76 Å². The predicted octanol–water partition coefficient (Wildman–Crippen LogP) is 2.24. The Morgan fingerprint density at radius 1 is 1.10 bits per heavy atom. The van der Waals surface area contributed by atoms with E-state index >= 15 is 0 Å². The van der Waals surface area contributed by atoms with Crippen molar-refractivity contribution in [1.29, 1.82) is 0 Å². The number of nitrogens with one attached hydrogen (secondary N) is 1. The Bertz CT molecular complexity index is 1170. The molecule has 0 fully saturated rings. The van der Waals surface area contributed by atoms with Crippen molar-refractivity contribution < 1.29 is 23.5 Å². The Morgan fingerprint density at radius 2 is 1.87 bits per heavy atom. The zero-order valence-electron chi connectivity index (χ0n) is 17.1. The van der Waals surface area contributed by atoms with E-state index in [0.717, 1.165) is 0 Å². The first-order chi connectivity index (χ1) is 15.0. The van der Waals surface area contributed by atoms with E-state index in [9.17, 15) is 14.4 Å². The summed E-state index contributed by atoms with van der Waals surface area (Å²) in [6.45, 7) is 3.20. The largest absolute Gasteiger partial charge is 0.486 e. The fraction of sp³-hybridized carbons (Fsp3) is 0.318. The van der Waals surface area contributed by atoms with Gasteiger partial charge in [-0.05, 0) is 31.2 Å². The first kappa shape index (κ1) is 20.5. The number of ether oxygens (including phenoxy) is 2. The summed E-state index contributed by atoms with van der Waals surface area (Å²) in [5, 5.41) is 2.78. The van der Waals surface area contributed by atoms with Crippen molar-refractivity contribution in [2.45, 2.75) is 19.9 Å². The van der Waals surface area contributed by atoms with E-state index in [2.05, 4.69) is 5.32 Å². The average molecular weight is 425 g/mol. The topological polar surface area (TPSA) is 103 Å². The lowest BCUT2D eigenvalue weighted by atomic mass is 10.2. The minimum absolute atomic E-state index is 0.0780. The zero-order valence-corrected chi connectivity index (χ0v) is 17.1. The lowest BCUT2D eigenvalue weighted by molar-refractivity contribution is -0.134. The summed E-state index contributed by atoms with van der Waals surface area (Å²) in [5.74, 6) is 0.157. The molecule has 0 bridgehead atoms. The molecule has 0 spiro atoms. The zero-order chi connectivity index (χ0) is 21.8. The van der Waals surface area contributed by atoms with Gasteiger partial charge in [0.25, 0.3) is 0 Å². The van der Waals surface area contributed by atoms with Gasteiger partial charge in [-0.15, -0.1) is 0 Å². The van der Waals surface area contributed by atoms with Crippen LogP contribution in [-0.4, -0.2) is 47.6 Å². The number of anilines is 1. The van der Waals surface area contributed by atoms with Crippen LogP contribution in [0.3, 0.4) is 0 Å². The minimum atomic E-state index is -0.506. The number of nitrogens with zero attached hydrogens (tertiary/aromatic N) is 2. The van der Waals surface area contributed by atoms with Gasteiger partial charge in [-0.1, -0.05) is 12.1 Å². The minimum Gasteiger partial charge on any atom is -0.486 e. The number of rotatable bonds is 7. The SMILES string of the molecule is CCN(CC(=O)Nc1ccc2c(c1)OCCO2)C(=O)CCn1c(=O)oc2ccccc21. The molecule has 1 N–H and O–H groups in total. The summed E-state index contributed by atoms with van der Waals surface area (Å²) in [6, 6.07) is 12.2. The molecule has 2 amide bonds. The quantitative estimate of drug-likeness (QED) is 0.623. The monoisotopic (exact) mass is 425 g/mol. The van der Waals surface area contributed by atoms with Gasteiger partial charge in [0.15, 0.2) is 17.1 Å². The molecule has 1 aromatic heterocycles. The molecule has 162 valence electrons. The summed E-state index contributed by atoms with van der Waals surface area (Å²) in [7, 11) is 0. The van der Waals surface area contributed by atoms with Gasteiger partial charge in [-0.2, -0.15) is 0 Å². The van der Waals surface area contributed by atoms with E-state index in [1.165, 1.54) is 9.47 Å². The Balaban J connectivity index is 1.35. The van der Waals surface area contributed by atoms with Crippen LogP contribution in [0.2, 0.25) is 0 Å². The van der Waals surface area contributed by atoms with Crippen molar-refractivity contribution in [3.63, 3.8) is 0 Å². The van der Waals surface area contributed by atoms with Gasteiger partial charge in [0.1, 0.15) is 13.2 Å². The second-order valence-electron chi connectivity index (χ2n) is 7.05. The second-order valence-corrected chi connectivity index (χ2v) is 7.05. The molecule has 0 unspecified atom stereocenters. The number of amides is 2. The van der Waals surface area contributed by atoms with Crippen LogP contribution in [0.5, 0.6) is 11.5 Å². The number of para-hydroxylation sites is 2. The van der Waals surface area contributed by atoms with Gasteiger partial charge in [-0.25, -0.2) is 4.79 Å². The summed E-state index contributed by atoms with van der Waals surface area (Å²) >= 11 is 0. The molecule has 0 saturated heterocycles. The first-order valence-electron chi connectivity index (χ1n) is 10.1. The van der Waals surface area contributed by atoms with E-state index in [1.807, 2.05) is 0 Å². The van der Waals surface area contributed by atoms with Crippen LogP contribution in [0.25, 0.3) is 11.1 Å². The van der Waals surface area contributed by atoms with E-state index in [-0.39, 0.29) is 31.3 Å². The molecule has 3 aromatic rings. The third kappa shape index (κ3) is 4.55. The maximum Gasteiger partial charge on any atom is 0.419 e. The number of benzene rings is 2. The van der Waals surface area contributed by atoms with Gasteiger partial charge in [0.05, 0.1) is 12.1 Å².